The van der Waals surface area contributed by atoms with E-state index in [9.17, 15) is 14.7 Å². The summed E-state index contributed by atoms with van der Waals surface area (Å²) in [6.45, 7) is 2.54. The number of ether oxygens (including phenoxy) is 1. The highest BCUT2D eigenvalue weighted by molar-refractivity contribution is 5.00. The van der Waals surface area contributed by atoms with Gasteiger partial charge in [0.1, 0.15) is 12.8 Å². The Balaban J connectivity index is 2.79. The van der Waals surface area contributed by atoms with Crippen LogP contribution >= 0.6 is 0 Å². The first-order valence-corrected chi connectivity index (χ1v) is 5.16. The largest absolute Gasteiger partial charge is 0.394 e. The molecule has 0 spiro atoms. The minimum absolute atomic E-state index is 0.146. The SMILES string of the molecule is Cc1cn(COC(CO)C(C)O)c(=O)[nH]c1=O. The Morgan fingerprint density at radius 2 is 2.18 bits per heavy atom. The van der Waals surface area contributed by atoms with Crippen LogP contribution in [0.15, 0.2) is 15.8 Å². The number of nitrogens with zero attached hydrogens (tertiary/aromatic N) is 1. The molecule has 2 atom stereocenters. The lowest BCUT2D eigenvalue weighted by Crippen LogP contribution is -2.35. The van der Waals surface area contributed by atoms with E-state index >= 15 is 0 Å². The van der Waals surface area contributed by atoms with Crippen LogP contribution in [0.3, 0.4) is 0 Å². The quantitative estimate of drug-likeness (QED) is 0.588. The predicted molar refractivity (Wildman–Crippen MR) is 59.7 cm³/mol. The Morgan fingerprint density at radius 3 is 2.71 bits per heavy atom. The van der Waals surface area contributed by atoms with Crippen molar-refractivity contribution in [3.63, 3.8) is 0 Å². The number of hydrogen-bond acceptors (Lipinski definition) is 5. The van der Waals surface area contributed by atoms with E-state index in [2.05, 4.69) is 4.98 Å². The summed E-state index contributed by atoms with van der Waals surface area (Å²) in [6.07, 6.45) is -0.258. The monoisotopic (exact) mass is 244 g/mol. The van der Waals surface area contributed by atoms with Gasteiger partial charge in [0, 0.05) is 11.8 Å². The third-order valence-electron chi connectivity index (χ3n) is 2.33. The number of H-pyrrole nitrogens is 1. The average Bonchev–Trinajstić information content (AvgIpc) is 2.25. The van der Waals surface area contributed by atoms with Gasteiger partial charge in [0.05, 0.1) is 12.7 Å². The van der Waals surface area contributed by atoms with Crippen molar-refractivity contribution < 1.29 is 14.9 Å². The second kappa shape index (κ2) is 5.76. The first kappa shape index (κ1) is 13.6. The van der Waals surface area contributed by atoms with E-state index in [-0.39, 0.29) is 13.3 Å². The summed E-state index contributed by atoms with van der Waals surface area (Å²) in [4.78, 5) is 24.6. The van der Waals surface area contributed by atoms with E-state index in [1.807, 2.05) is 0 Å². The van der Waals surface area contributed by atoms with Crippen molar-refractivity contribution in [1.29, 1.82) is 0 Å². The zero-order valence-corrected chi connectivity index (χ0v) is 9.71. The number of aromatic amines is 1. The third-order valence-corrected chi connectivity index (χ3v) is 2.33. The molecule has 2 unspecified atom stereocenters. The molecule has 0 aliphatic carbocycles. The molecule has 0 aromatic carbocycles. The van der Waals surface area contributed by atoms with Crippen LogP contribution in [-0.4, -0.2) is 38.6 Å². The molecule has 1 aromatic heterocycles. The van der Waals surface area contributed by atoms with Crippen molar-refractivity contribution in [2.45, 2.75) is 32.8 Å². The van der Waals surface area contributed by atoms with Crippen LogP contribution in [0.4, 0.5) is 0 Å². The number of hydrogen-bond donors (Lipinski definition) is 3. The first-order valence-electron chi connectivity index (χ1n) is 5.16. The second-order valence-corrected chi connectivity index (χ2v) is 3.80. The third kappa shape index (κ3) is 3.52. The Hall–Kier alpha value is -1.44. The van der Waals surface area contributed by atoms with Crippen molar-refractivity contribution in [3.8, 4) is 0 Å². The van der Waals surface area contributed by atoms with Gasteiger partial charge >= 0.3 is 5.69 Å². The summed E-state index contributed by atoms with van der Waals surface area (Å²) in [5.74, 6) is 0. The van der Waals surface area contributed by atoms with Crippen LogP contribution in [0, 0.1) is 6.92 Å². The van der Waals surface area contributed by atoms with Crippen LogP contribution in [0.1, 0.15) is 12.5 Å². The van der Waals surface area contributed by atoms with Crippen LogP contribution in [0.2, 0.25) is 0 Å². The summed E-state index contributed by atoms with van der Waals surface area (Å²) in [7, 11) is 0. The topological polar surface area (TPSA) is 105 Å². The van der Waals surface area contributed by atoms with E-state index in [1.54, 1.807) is 6.92 Å². The number of rotatable bonds is 5. The normalized spacial score (nSPS) is 14.6. The van der Waals surface area contributed by atoms with Crippen LogP contribution in [0.25, 0.3) is 0 Å². The first-order chi connectivity index (χ1) is 7.95. The molecule has 0 saturated carbocycles. The molecule has 1 aromatic rings. The van der Waals surface area contributed by atoms with Crippen LogP contribution < -0.4 is 11.2 Å². The van der Waals surface area contributed by atoms with Gasteiger partial charge in [-0.25, -0.2) is 4.79 Å². The lowest BCUT2D eigenvalue weighted by Gasteiger charge is -2.18. The molecule has 1 rings (SSSR count). The Bertz CT molecular complexity index is 476. The molecule has 0 bridgehead atoms. The van der Waals surface area contributed by atoms with Gasteiger partial charge in [0.25, 0.3) is 5.56 Å². The van der Waals surface area contributed by atoms with Gasteiger partial charge in [-0.1, -0.05) is 0 Å². The van der Waals surface area contributed by atoms with E-state index < -0.39 is 23.5 Å². The zero-order valence-electron chi connectivity index (χ0n) is 9.71. The minimum atomic E-state index is -0.848. The molecule has 3 N–H and O–H groups in total. The molecule has 0 fully saturated rings. The molecule has 0 amide bonds. The average molecular weight is 244 g/mol. The van der Waals surface area contributed by atoms with Crippen molar-refractivity contribution in [2.75, 3.05) is 6.61 Å². The molecule has 7 nitrogen and oxygen atoms in total. The number of nitrogens with one attached hydrogen (secondary N) is 1. The van der Waals surface area contributed by atoms with E-state index in [0.29, 0.717) is 5.56 Å². The molecule has 0 radical (unpaired) electrons. The lowest BCUT2D eigenvalue weighted by atomic mass is 10.2. The van der Waals surface area contributed by atoms with Gasteiger partial charge in [0.2, 0.25) is 0 Å². The van der Waals surface area contributed by atoms with E-state index in [0.717, 1.165) is 4.57 Å². The fourth-order valence-electron chi connectivity index (χ4n) is 1.23. The molecule has 1 heterocycles. The molecular weight excluding hydrogens is 228 g/mol. The number of aliphatic hydroxyl groups excluding tert-OH is 2. The van der Waals surface area contributed by atoms with Gasteiger partial charge in [-0.2, -0.15) is 0 Å². The van der Waals surface area contributed by atoms with Crippen molar-refractivity contribution in [2.24, 2.45) is 0 Å². The van der Waals surface area contributed by atoms with Gasteiger partial charge in [-0.3, -0.25) is 14.3 Å². The van der Waals surface area contributed by atoms with Gasteiger partial charge < -0.3 is 14.9 Å². The summed E-state index contributed by atoms with van der Waals surface area (Å²) < 4.78 is 6.31. The number of aliphatic hydroxyl groups is 2. The van der Waals surface area contributed by atoms with Crippen molar-refractivity contribution >= 4 is 0 Å². The highest BCUT2D eigenvalue weighted by atomic mass is 16.5. The maximum atomic E-state index is 11.4. The fourth-order valence-corrected chi connectivity index (χ4v) is 1.23. The number of aromatic nitrogens is 2. The minimum Gasteiger partial charge on any atom is -0.394 e. The molecule has 0 aliphatic rings. The number of aryl methyl sites for hydroxylation is 1. The fraction of sp³-hybridized carbons (Fsp3) is 0.600. The van der Waals surface area contributed by atoms with Crippen LogP contribution in [-0.2, 0) is 11.5 Å². The molecule has 7 heteroatoms. The molecule has 0 saturated heterocycles. The van der Waals surface area contributed by atoms with E-state index in [1.165, 1.54) is 13.1 Å². The van der Waals surface area contributed by atoms with Crippen molar-refractivity contribution in [3.05, 3.63) is 32.6 Å². The summed E-state index contributed by atoms with van der Waals surface area (Å²) >= 11 is 0. The smallest absolute Gasteiger partial charge is 0.330 e. The highest BCUT2D eigenvalue weighted by Gasteiger charge is 2.14. The molecule has 96 valence electrons. The lowest BCUT2D eigenvalue weighted by molar-refractivity contribution is -0.0824. The van der Waals surface area contributed by atoms with Gasteiger partial charge in [-0.15, -0.1) is 0 Å². The maximum Gasteiger partial charge on any atom is 0.330 e. The van der Waals surface area contributed by atoms with Gasteiger partial charge in [0.15, 0.2) is 0 Å². The Kier molecular flexibility index (Phi) is 4.62. The predicted octanol–water partition coefficient (Wildman–Crippen LogP) is -1.44. The van der Waals surface area contributed by atoms with Gasteiger partial charge in [-0.05, 0) is 13.8 Å². The summed E-state index contributed by atoms with van der Waals surface area (Å²) in [5, 5.41) is 18.1. The highest BCUT2D eigenvalue weighted by Crippen LogP contribution is 1.99. The second-order valence-electron chi connectivity index (χ2n) is 3.80. The van der Waals surface area contributed by atoms with Crippen molar-refractivity contribution in [1.82, 2.24) is 9.55 Å². The van der Waals surface area contributed by atoms with Crippen LogP contribution in [0.5, 0.6) is 0 Å². The zero-order chi connectivity index (χ0) is 13.0. The molecule has 17 heavy (non-hydrogen) atoms. The van der Waals surface area contributed by atoms with E-state index in [4.69, 9.17) is 9.84 Å². The summed E-state index contributed by atoms with van der Waals surface area (Å²) in [5.41, 5.74) is -0.658. The molecular formula is C10H16N2O5. The maximum absolute atomic E-state index is 11.4. The Morgan fingerprint density at radius 1 is 1.53 bits per heavy atom. The molecule has 0 aliphatic heterocycles. The summed E-state index contributed by atoms with van der Waals surface area (Å²) in [6, 6.07) is 0. The Labute approximate surface area is 97.3 Å². The standard InChI is InChI=1S/C10H16N2O5/c1-6-3-12(10(16)11-9(6)15)5-17-8(4-13)7(2)14/h3,7-8,13-14H,4-5H2,1-2H3,(H,11,15,16).